The Kier molecular flexibility index (Phi) is 6.60. The third-order valence-electron chi connectivity index (χ3n) is 2.76. The van der Waals surface area contributed by atoms with Crippen LogP contribution in [0.5, 0.6) is 0 Å². The summed E-state index contributed by atoms with van der Waals surface area (Å²) in [6.45, 7) is 1.57. The molecule has 3 nitrogen and oxygen atoms in total. The first kappa shape index (κ1) is 16.8. The highest BCUT2D eigenvalue weighted by atomic mass is 35.5. The summed E-state index contributed by atoms with van der Waals surface area (Å²) >= 11 is 11.9. The Bertz CT molecular complexity index is 517. The van der Waals surface area contributed by atoms with Gasteiger partial charge >= 0.3 is 0 Å². The van der Waals surface area contributed by atoms with Crippen molar-refractivity contribution in [2.75, 3.05) is 25.6 Å². The van der Waals surface area contributed by atoms with Gasteiger partial charge in [-0.25, -0.2) is 8.42 Å². The zero-order chi connectivity index (χ0) is 14.5. The fraction of sp³-hybridized carbons (Fsp3) is 0.538. The van der Waals surface area contributed by atoms with Gasteiger partial charge in [0.2, 0.25) is 0 Å². The summed E-state index contributed by atoms with van der Waals surface area (Å²) in [5.74, 6) is 0.253. The van der Waals surface area contributed by atoms with Crippen molar-refractivity contribution in [3.05, 3.63) is 33.8 Å². The van der Waals surface area contributed by atoms with Crippen LogP contribution in [0.15, 0.2) is 18.2 Å². The van der Waals surface area contributed by atoms with Crippen molar-refractivity contribution in [2.45, 2.75) is 19.4 Å². The lowest BCUT2D eigenvalue weighted by atomic mass is 10.2. The maximum Gasteiger partial charge on any atom is 0.147 e. The Balaban J connectivity index is 2.37. The average molecular weight is 324 g/mol. The van der Waals surface area contributed by atoms with Crippen molar-refractivity contribution in [3.63, 3.8) is 0 Å². The lowest BCUT2D eigenvalue weighted by molar-refractivity contribution is 0.321. The van der Waals surface area contributed by atoms with Gasteiger partial charge in [0.1, 0.15) is 9.84 Å². The van der Waals surface area contributed by atoms with Gasteiger partial charge < -0.3 is 4.90 Å². The summed E-state index contributed by atoms with van der Waals surface area (Å²) in [6, 6.07) is 5.47. The molecule has 0 saturated carbocycles. The van der Waals surface area contributed by atoms with Crippen LogP contribution in [0, 0.1) is 0 Å². The van der Waals surface area contributed by atoms with Crippen molar-refractivity contribution in [3.8, 4) is 0 Å². The van der Waals surface area contributed by atoms with Crippen LogP contribution in [0.2, 0.25) is 10.0 Å². The molecule has 0 saturated heterocycles. The number of nitrogens with zero attached hydrogens (tertiary/aromatic N) is 1. The number of hydrogen-bond donors (Lipinski definition) is 0. The van der Waals surface area contributed by atoms with E-state index in [2.05, 4.69) is 4.90 Å². The van der Waals surface area contributed by atoms with E-state index >= 15 is 0 Å². The van der Waals surface area contributed by atoms with Gasteiger partial charge in [0.15, 0.2) is 0 Å². The largest absolute Gasteiger partial charge is 0.302 e. The molecule has 0 radical (unpaired) electrons. The molecule has 0 aromatic heterocycles. The van der Waals surface area contributed by atoms with Crippen molar-refractivity contribution >= 4 is 33.0 Å². The second-order valence-electron chi connectivity index (χ2n) is 4.81. The van der Waals surface area contributed by atoms with E-state index in [9.17, 15) is 8.42 Å². The highest BCUT2D eigenvalue weighted by Gasteiger charge is 2.06. The predicted octanol–water partition coefficient (Wildman–Crippen LogP) is 3.25. The van der Waals surface area contributed by atoms with Gasteiger partial charge in [-0.3, -0.25) is 0 Å². The minimum atomic E-state index is -2.85. The zero-order valence-electron chi connectivity index (χ0n) is 11.2. The van der Waals surface area contributed by atoms with Crippen LogP contribution in [-0.2, 0) is 16.4 Å². The molecular formula is C13H19Cl2NO2S. The van der Waals surface area contributed by atoms with Crippen LogP contribution < -0.4 is 0 Å². The number of unbranched alkanes of at least 4 members (excludes halogenated alkanes) is 1. The molecule has 0 amide bonds. The molecule has 0 bridgehead atoms. The molecule has 6 heteroatoms. The molecule has 19 heavy (non-hydrogen) atoms. The van der Waals surface area contributed by atoms with E-state index in [1.165, 1.54) is 6.26 Å². The summed E-state index contributed by atoms with van der Waals surface area (Å²) in [7, 11) is -0.855. The SMILES string of the molecule is CN(CCCCS(C)(=O)=O)Cc1ccc(Cl)cc1Cl. The summed E-state index contributed by atoms with van der Waals surface area (Å²) < 4.78 is 22.0. The molecule has 0 aliphatic carbocycles. The molecule has 0 atom stereocenters. The fourth-order valence-corrected chi connectivity index (χ4v) is 2.96. The monoisotopic (exact) mass is 323 g/mol. The summed E-state index contributed by atoms with van der Waals surface area (Å²) in [5.41, 5.74) is 1.02. The number of halogens is 2. The van der Waals surface area contributed by atoms with Gasteiger partial charge in [-0.15, -0.1) is 0 Å². The van der Waals surface area contributed by atoms with Crippen LogP contribution in [-0.4, -0.2) is 38.9 Å². The smallest absolute Gasteiger partial charge is 0.147 e. The molecule has 1 aromatic carbocycles. The maximum absolute atomic E-state index is 11.0. The van der Waals surface area contributed by atoms with Crippen molar-refractivity contribution in [1.29, 1.82) is 0 Å². The number of rotatable bonds is 7. The Morgan fingerprint density at radius 3 is 2.47 bits per heavy atom. The van der Waals surface area contributed by atoms with Gasteiger partial charge in [0.25, 0.3) is 0 Å². The highest BCUT2D eigenvalue weighted by molar-refractivity contribution is 7.90. The Morgan fingerprint density at radius 1 is 1.21 bits per heavy atom. The second-order valence-corrected chi connectivity index (χ2v) is 7.91. The minimum Gasteiger partial charge on any atom is -0.302 e. The first-order valence-electron chi connectivity index (χ1n) is 6.08. The normalized spacial score (nSPS) is 12.1. The van der Waals surface area contributed by atoms with Crippen molar-refractivity contribution in [1.82, 2.24) is 4.90 Å². The van der Waals surface area contributed by atoms with Crippen LogP contribution in [0.4, 0.5) is 0 Å². The lowest BCUT2D eigenvalue weighted by Crippen LogP contribution is -2.20. The molecule has 1 aromatic rings. The predicted molar refractivity (Wildman–Crippen MR) is 81.7 cm³/mol. The Morgan fingerprint density at radius 2 is 1.89 bits per heavy atom. The molecule has 0 N–H and O–H groups in total. The van der Waals surface area contributed by atoms with Gasteiger partial charge in [-0.2, -0.15) is 0 Å². The first-order chi connectivity index (χ1) is 8.78. The average Bonchev–Trinajstić information content (AvgIpc) is 2.27. The Labute approximate surface area is 125 Å². The summed E-state index contributed by atoms with van der Waals surface area (Å²) in [5, 5.41) is 1.29. The molecule has 0 aliphatic rings. The summed E-state index contributed by atoms with van der Waals surface area (Å²) in [4.78, 5) is 2.12. The van der Waals surface area contributed by atoms with Crippen LogP contribution in [0.25, 0.3) is 0 Å². The first-order valence-corrected chi connectivity index (χ1v) is 8.90. The van der Waals surface area contributed by atoms with Gasteiger partial charge in [-0.05, 0) is 44.1 Å². The standard InChI is InChI=1S/C13H19Cl2NO2S/c1-16(7-3-4-8-19(2,17)18)10-11-5-6-12(14)9-13(11)15/h5-6,9H,3-4,7-8,10H2,1-2H3. The molecular weight excluding hydrogens is 305 g/mol. The maximum atomic E-state index is 11.0. The molecule has 0 unspecified atom stereocenters. The van der Waals surface area contributed by atoms with E-state index in [-0.39, 0.29) is 5.75 Å². The molecule has 0 aliphatic heterocycles. The molecule has 1 rings (SSSR count). The second kappa shape index (κ2) is 7.48. The quantitative estimate of drug-likeness (QED) is 0.723. The van der Waals surface area contributed by atoms with Gasteiger partial charge in [0.05, 0.1) is 0 Å². The molecule has 0 heterocycles. The Hall–Kier alpha value is -0.290. The third-order valence-corrected chi connectivity index (χ3v) is 4.38. The van der Waals surface area contributed by atoms with Crippen LogP contribution in [0.1, 0.15) is 18.4 Å². The van der Waals surface area contributed by atoms with E-state index in [0.29, 0.717) is 16.5 Å². The number of hydrogen-bond acceptors (Lipinski definition) is 3. The zero-order valence-corrected chi connectivity index (χ0v) is 13.5. The number of sulfone groups is 1. The van der Waals surface area contributed by atoms with E-state index < -0.39 is 9.84 Å². The molecule has 108 valence electrons. The minimum absolute atomic E-state index is 0.253. The number of benzene rings is 1. The van der Waals surface area contributed by atoms with E-state index in [1.807, 2.05) is 19.2 Å². The molecule has 0 spiro atoms. The van der Waals surface area contributed by atoms with E-state index in [0.717, 1.165) is 25.1 Å². The topological polar surface area (TPSA) is 37.4 Å². The van der Waals surface area contributed by atoms with Gasteiger partial charge in [-0.1, -0.05) is 29.3 Å². The van der Waals surface area contributed by atoms with Crippen molar-refractivity contribution < 1.29 is 8.42 Å². The van der Waals surface area contributed by atoms with Crippen LogP contribution in [0.3, 0.4) is 0 Å². The van der Waals surface area contributed by atoms with E-state index in [4.69, 9.17) is 23.2 Å². The fourth-order valence-electron chi connectivity index (χ4n) is 1.77. The van der Waals surface area contributed by atoms with E-state index in [1.54, 1.807) is 6.07 Å². The van der Waals surface area contributed by atoms with Crippen molar-refractivity contribution in [2.24, 2.45) is 0 Å². The highest BCUT2D eigenvalue weighted by Crippen LogP contribution is 2.22. The summed E-state index contributed by atoms with van der Waals surface area (Å²) in [6.07, 6.45) is 2.82. The third kappa shape index (κ3) is 7.16. The molecule has 0 fully saturated rings. The van der Waals surface area contributed by atoms with Crippen LogP contribution >= 0.6 is 23.2 Å². The lowest BCUT2D eigenvalue weighted by Gasteiger charge is -2.17. The van der Waals surface area contributed by atoms with Gasteiger partial charge in [0, 0.05) is 28.6 Å².